The first-order valence-corrected chi connectivity index (χ1v) is 11.1. The molecular weight excluding hydrogens is 454 g/mol. The summed E-state index contributed by atoms with van der Waals surface area (Å²) in [4.78, 5) is 36.2. The third-order valence-electron chi connectivity index (χ3n) is 5.15. The second kappa shape index (κ2) is 10.9. The van der Waals surface area contributed by atoms with Crippen LogP contribution in [0.1, 0.15) is 46.6 Å². The van der Waals surface area contributed by atoms with Crippen molar-refractivity contribution in [1.29, 1.82) is 0 Å². The molecule has 0 saturated heterocycles. The summed E-state index contributed by atoms with van der Waals surface area (Å²) in [5, 5.41) is 7.49. The van der Waals surface area contributed by atoms with Crippen molar-refractivity contribution < 1.29 is 19.1 Å². The minimum atomic E-state index is -1.04. The Hall–Kier alpha value is -3.71. The highest BCUT2D eigenvalue weighted by Crippen LogP contribution is 2.22. The summed E-state index contributed by atoms with van der Waals surface area (Å²) >= 11 is 6.48. The molecule has 1 aromatic heterocycles. The number of esters is 1. The Morgan fingerprint density at radius 3 is 2.53 bits per heavy atom. The van der Waals surface area contributed by atoms with E-state index in [0.717, 1.165) is 5.56 Å². The third kappa shape index (κ3) is 6.42. The summed E-state index contributed by atoms with van der Waals surface area (Å²) in [6.07, 6.45) is 1.70. The average Bonchev–Trinajstić information content (AvgIpc) is 3.06. The maximum absolute atomic E-state index is 12.4. The van der Waals surface area contributed by atoms with E-state index in [9.17, 15) is 14.4 Å². The number of halogens is 1. The molecule has 0 radical (unpaired) electrons. The number of nitrogens with one attached hydrogen (secondary N) is 1. The fourth-order valence-corrected chi connectivity index (χ4v) is 3.50. The standard InChI is InChI=1S/C26H26ClN3O4/c1-16-8-10-20(11-9-16)15-30-25(27)23(17(2)29-30)12-13-24(32)34-19(4)26(33)28-22-7-5-6-21(14-22)18(3)31/h5-14,19H,15H2,1-4H3,(H,28,33)/b13-12+. The van der Waals surface area contributed by atoms with Gasteiger partial charge in [-0.25, -0.2) is 9.48 Å². The predicted octanol–water partition coefficient (Wildman–Crippen LogP) is 4.99. The smallest absolute Gasteiger partial charge is 0.331 e. The van der Waals surface area contributed by atoms with E-state index in [4.69, 9.17) is 16.3 Å². The number of rotatable bonds is 8. The Morgan fingerprint density at radius 1 is 1.15 bits per heavy atom. The normalized spacial score (nSPS) is 11.9. The van der Waals surface area contributed by atoms with E-state index in [1.807, 2.05) is 31.2 Å². The van der Waals surface area contributed by atoms with Crippen LogP contribution in [-0.2, 0) is 20.9 Å². The van der Waals surface area contributed by atoms with E-state index < -0.39 is 18.0 Å². The molecule has 1 heterocycles. The molecule has 0 spiro atoms. The van der Waals surface area contributed by atoms with Crippen LogP contribution in [-0.4, -0.2) is 33.5 Å². The molecule has 3 aromatic rings. The largest absolute Gasteiger partial charge is 0.449 e. The lowest BCUT2D eigenvalue weighted by atomic mass is 10.1. The number of hydrogen-bond acceptors (Lipinski definition) is 5. The van der Waals surface area contributed by atoms with Gasteiger partial charge in [0.05, 0.1) is 12.2 Å². The number of carbonyl (C=O) groups is 3. The maximum Gasteiger partial charge on any atom is 0.331 e. The fourth-order valence-electron chi connectivity index (χ4n) is 3.21. The molecule has 3 rings (SSSR count). The molecule has 1 amide bonds. The zero-order chi connectivity index (χ0) is 24.8. The molecule has 1 atom stereocenters. The van der Waals surface area contributed by atoms with E-state index in [0.29, 0.717) is 34.2 Å². The molecule has 1 unspecified atom stereocenters. The molecule has 8 heteroatoms. The lowest BCUT2D eigenvalue weighted by molar-refractivity contribution is -0.148. The van der Waals surface area contributed by atoms with Crippen molar-refractivity contribution in [2.75, 3.05) is 5.32 Å². The molecule has 0 aliphatic rings. The van der Waals surface area contributed by atoms with Crippen LogP contribution < -0.4 is 5.32 Å². The second-order valence-corrected chi connectivity index (χ2v) is 8.33. The van der Waals surface area contributed by atoms with Gasteiger partial charge in [0.25, 0.3) is 5.91 Å². The number of ketones is 1. The zero-order valence-corrected chi connectivity index (χ0v) is 20.2. The molecule has 7 nitrogen and oxygen atoms in total. The lowest BCUT2D eigenvalue weighted by Gasteiger charge is -2.12. The number of hydrogen-bond donors (Lipinski definition) is 1. The predicted molar refractivity (Wildman–Crippen MR) is 132 cm³/mol. The SMILES string of the molecule is CC(=O)c1cccc(NC(=O)C(C)OC(=O)/C=C/c2c(C)nn(Cc3ccc(C)cc3)c2Cl)c1. The van der Waals surface area contributed by atoms with Gasteiger partial charge in [-0.05, 0) is 51.5 Å². The summed E-state index contributed by atoms with van der Waals surface area (Å²) in [6, 6.07) is 14.6. The number of amides is 1. The van der Waals surface area contributed by atoms with Crippen LogP contribution in [0, 0.1) is 13.8 Å². The molecular formula is C26H26ClN3O4. The highest BCUT2D eigenvalue weighted by atomic mass is 35.5. The van der Waals surface area contributed by atoms with Gasteiger partial charge in [-0.2, -0.15) is 5.10 Å². The van der Waals surface area contributed by atoms with Crippen molar-refractivity contribution in [3.05, 3.63) is 87.7 Å². The number of Topliss-reactive ketones (excluding diaryl/α,β-unsaturated/α-hetero) is 1. The number of carbonyl (C=O) groups excluding carboxylic acids is 3. The van der Waals surface area contributed by atoms with E-state index in [-0.39, 0.29) is 5.78 Å². The van der Waals surface area contributed by atoms with E-state index in [2.05, 4.69) is 10.4 Å². The van der Waals surface area contributed by atoms with Crippen LogP contribution in [0.2, 0.25) is 5.15 Å². The summed E-state index contributed by atoms with van der Waals surface area (Å²) < 4.78 is 6.87. The third-order valence-corrected chi connectivity index (χ3v) is 5.55. The van der Waals surface area contributed by atoms with Crippen molar-refractivity contribution in [1.82, 2.24) is 9.78 Å². The number of benzene rings is 2. The van der Waals surface area contributed by atoms with E-state index in [1.54, 1.807) is 35.9 Å². The van der Waals surface area contributed by atoms with Gasteiger partial charge >= 0.3 is 5.97 Å². The van der Waals surface area contributed by atoms with E-state index in [1.165, 1.54) is 31.6 Å². The molecule has 0 bridgehead atoms. The maximum atomic E-state index is 12.4. The Bertz CT molecular complexity index is 1250. The average molecular weight is 480 g/mol. The van der Waals surface area contributed by atoms with Gasteiger partial charge in [0, 0.05) is 22.9 Å². The minimum absolute atomic E-state index is 0.114. The molecule has 0 fully saturated rings. The van der Waals surface area contributed by atoms with Crippen molar-refractivity contribution >= 4 is 41.0 Å². The Morgan fingerprint density at radius 2 is 1.85 bits per heavy atom. The molecule has 34 heavy (non-hydrogen) atoms. The summed E-state index contributed by atoms with van der Waals surface area (Å²) in [6.45, 7) is 7.23. The molecule has 1 N–H and O–H groups in total. The van der Waals surface area contributed by atoms with Crippen molar-refractivity contribution in [2.45, 2.75) is 40.3 Å². The monoisotopic (exact) mass is 479 g/mol. The highest BCUT2D eigenvalue weighted by molar-refractivity contribution is 6.31. The Kier molecular flexibility index (Phi) is 8.02. The molecule has 0 saturated carbocycles. The number of anilines is 1. The number of ether oxygens (including phenoxy) is 1. The molecule has 2 aromatic carbocycles. The van der Waals surface area contributed by atoms with Gasteiger partial charge in [0.2, 0.25) is 0 Å². The van der Waals surface area contributed by atoms with Gasteiger partial charge in [-0.15, -0.1) is 0 Å². The van der Waals surface area contributed by atoms with Crippen LogP contribution in [0.5, 0.6) is 0 Å². The van der Waals surface area contributed by atoms with Crippen molar-refractivity contribution in [2.24, 2.45) is 0 Å². The number of nitrogens with zero attached hydrogens (tertiary/aromatic N) is 2. The quantitative estimate of drug-likeness (QED) is 0.279. The fraction of sp³-hybridized carbons (Fsp3) is 0.231. The Balaban J connectivity index is 1.61. The zero-order valence-electron chi connectivity index (χ0n) is 19.5. The van der Waals surface area contributed by atoms with Crippen LogP contribution >= 0.6 is 11.6 Å². The summed E-state index contributed by atoms with van der Waals surface area (Å²) in [5.41, 5.74) is 4.40. The first kappa shape index (κ1) is 24.9. The Labute approximate surface area is 203 Å². The van der Waals surface area contributed by atoms with Gasteiger partial charge in [0.1, 0.15) is 5.15 Å². The van der Waals surface area contributed by atoms with Crippen LogP contribution in [0.15, 0.2) is 54.6 Å². The summed E-state index contributed by atoms with van der Waals surface area (Å²) in [5.74, 6) is -1.32. The topological polar surface area (TPSA) is 90.3 Å². The van der Waals surface area contributed by atoms with Crippen LogP contribution in [0.25, 0.3) is 6.08 Å². The molecule has 176 valence electrons. The molecule has 0 aliphatic heterocycles. The van der Waals surface area contributed by atoms with Gasteiger partial charge in [-0.3, -0.25) is 9.59 Å². The van der Waals surface area contributed by atoms with Gasteiger partial charge in [-0.1, -0.05) is 53.6 Å². The summed E-state index contributed by atoms with van der Waals surface area (Å²) in [7, 11) is 0. The number of aryl methyl sites for hydroxylation is 2. The first-order valence-electron chi connectivity index (χ1n) is 10.7. The van der Waals surface area contributed by atoms with E-state index >= 15 is 0 Å². The minimum Gasteiger partial charge on any atom is -0.449 e. The van der Waals surface area contributed by atoms with Gasteiger partial charge in [0.15, 0.2) is 11.9 Å². The first-order chi connectivity index (χ1) is 16.1. The van der Waals surface area contributed by atoms with Crippen molar-refractivity contribution in [3.63, 3.8) is 0 Å². The van der Waals surface area contributed by atoms with Crippen LogP contribution in [0.4, 0.5) is 5.69 Å². The highest BCUT2D eigenvalue weighted by Gasteiger charge is 2.18. The molecule has 0 aliphatic carbocycles. The second-order valence-electron chi connectivity index (χ2n) is 7.97. The van der Waals surface area contributed by atoms with Crippen LogP contribution in [0.3, 0.4) is 0 Å². The number of aromatic nitrogens is 2. The van der Waals surface area contributed by atoms with Gasteiger partial charge < -0.3 is 10.1 Å². The lowest BCUT2D eigenvalue weighted by Crippen LogP contribution is -2.29. The van der Waals surface area contributed by atoms with Crippen molar-refractivity contribution in [3.8, 4) is 0 Å².